The SMILES string of the molecule is NC(c1cc(C=O)ccn1)C1CC1. The summed E-state index contributed by atoms with van der Waals surface area (Å²) in [5, 5.41) is 0. The minimum absolute atomic E-state index is 0.0138. The summed E-state index contributed by atoms with van der Waals surface area (Å²) in [6.45, 7) is 0. The van der Waals surface area contributed by atoms with Crippen LogP contribution in [0.15, 0.2) is 18.3 Å². The Hall–Kier alpha value is -1.22. The van der Waals surface area contributed by atoms with Gasteiger partial charge < -0.3 is 5.73 Å². The molecule has 1 aliphatic carbocycles. The van der Waals surface area contributed by atoms with Gasteiger partial charge in [-0.15, -0.1) is 0 Å². The van der Waals surface area contributed by atoms with E-state index in [1.165, 1.54) is 12.8 Å². The zero-order valence-corrected chi connectivity index (χ0v) is 7.31. The van der Waals surface area contributed by atoms with Crippen LogP contribution in [-0.4, -0.2) is 11.3 Å². The Morgan fingerprint density at radius 2 is 2.38 bits per heavy atom. The maximum Gasteiger partial charge on any atom is 0.150 e. The maximum absolute atomic E-state index is 10.5. The van der Waals surface area contributed by atoms with Gasteiger partial charge in [0.15, 0.2) is 0 Å². The molecule has 1 unspecified atom stereocenters. The number of carbonyl (C=O) groups excluding carboxylic acids is 1. The van der Waals surface area contributed by atoms with Gasteiger partial charge >= 0.3 is 0 Å². The van der Waals surface area contributed by atoms with E-state index in [4.69, 9.17) is 5.73 Å². The molecule has 13 heavy (non-hydrogen) atoms. The monoisotopic (exact) mass is 176 g/mol. The van der Waals surface area contributed by atoms with Gasteiger partial charge in [0.25, 0.3) is 0 Å². The molecule has 0 amide bonds. The van der Waals surface area contributed by atoms with Crippen LogP contribution in [0.2, 0.25) is 0 Å². The standard InChI is InChI=1S/C10H12N2O/c11-10(8-1-2-8)9-5-7(6-13)3-4-12-9/h3-6,8,10H,1-2,11H2. The van der Waals surface area contributed by atoms with Gasteiger partial charge in [0.2, 0.25) is 0 Å². The number of aldehydes is 1. The van der Waals surface area contributed by atoms with Crippen LogP contribution in [0, 0.1) is 5.92 Å². The first-order valence-electron chi connectivity index (χ1n) is 4.48. The molecule has 68 valence electrons. The Morgan fingerprint density at radius 1 is 1.62 bits per heavy atom. The molecule has 0 radical (unpaired) electrons. The third kappa shape index (κ3) is 1.75. The van der Waals surface area contributed by atoms with E-state index in [9.17, 15) is 4.79 Å². The van der Waals surface area contributed by atoms with Crippen LogP contribution in [-0.2, 0) is 0 Å². The molecule has 1 saturated carbocycles. The molecule has 3 nitrogen and oxygen atoms in total. The number of pyridine rings is 1. The van der Waals surface area contributed by atoms with Crippen molar-refractivity contribution in [1.29, 1.82) is 0 Å². The molecule has 2 N–H and O–H groups in total. The first-order chi connectivity index (χ1) is 6.31. The summed E-state index contributed by atoms with van der Waals surface area (Å²) in [7, 11) is 0. The molecule has 0 bridgehead atoms. The highest BCUT2D eigenvalue weighted by atomic mass is 16.1. The smallest absolute Gasteiger partial charge is 0.150 e. The molecule has 1 atom stereocenters. The lowest BCUT2D eigenvalue weighted by molar-refractivity contribution is 0.112. The molecule has 2 rings (SSSR count). The van der Waals surface area contributed by atoms with Crippen LogP contribution in [0.25, 0.3) is 0 Å². The van der Waals surface area contributed by atoms with Crippen LogP contribution < -0.4 is 5.73 Å². The maximum atomic E-state index is 10.5. The van der Waals surface area contributed by atoms with E-state index in [0.29, 0.717) is 11.5 Å². The zero-order valence-electron chi connectivity index (χ0n) is 7.31. The van der Waals surface area contributed by atoms with E-state index in [0.717, 1.165) is 12.0 Å². The molecule has 0 aliphatic heterocycles. The molecular formula is C10H12N2O. The molecule has 1 heterocycles. The van der Waals surface area contributed by atoms with E-state index in [-0.39, 0.29) is 6.04 Å². The predicted molar refractivity (Wildman–Crippen MR) is 49.3 cm³/mol. The van der Waals surface area contributed by atoms with Crippen molar-refractivity contribution in [1.82, 2.24) is 4.98 Å². The van der Waals surface area contributed by atoms with E-state index in [1.54, 1.807) is 18.3 Å². The van der Waals surface area contributed by atoms with Gasteiger partial charge in [-0.3, -0.25) is 9.78 Å². The van der Waals surface area contributed by atoms with Gasteiger partial charge in [-0.25, -0.2) is 0 Å². The van der Waals surface area contributed by atoms with Gasteiger partial charge in [0.05, 0.1) is 5.69 Å². The average molecular weight is 176 g/mol. The number of rotatable bonds is 3. The second-order valence-electron chi connectivity index (χ2n) is 3.50. The van der Waals surface area contributed by atoms with Crippen molar-refractivity contribution in [2.45, 2.75) is 18.9 Å². The highest BCUT2D eigenvalue weighted by Crippen LogP contribution is 2.38. The topological polar surface area (TPSA) is 56.0 Å². The molecule has 1 aromatic heterocycles. The summed E-state index contributed by atoms with van der Waals surface area (Å²) in [5.41, 5.74) is 7.44. The van der Waals surface area contributed by atoms with Crippen LogP contribution in [0.4, 0.5) is 0 Å². The van der Waals surface area contributed by atoms with Crippen molar-refractivity contribution in [2.24, 2.45) is 11.7 Å². The Balaban J connectivity index is 2.22. The summed E-state index contributed by atoms with van der Waals surface area (Å²) >= 11 is 0. The Morgan fingerprint density at radius 3 is 3.00 bits per heavy atom. The molecule has 1 aromatic rings. The molecular weight excluding hydrogens is 164 g/mol. The van der Waals surface area contributed by atoms with Crippen molar-refractivity contribution >= 4 is 6.29 Å². The van der Waals surface area contributed by atoms with Gasteiger partial charge in [0.1, 0.15) is 6.29 Å². The number of nitrogens with zero attached hydrogens (tertiary/aromatic N) is 1. The number of hydrogen-bond donors (Lipinski definition) is 1. The fourth-order valence-corrected chi connectivity index (χ4v) is 1.42. The Bertz CT molecular complexity index is 320. The quantitative estimate of drug-likeness (QED) is 0.706. The van der Waals surface area contributed by atoms with Gasteiger partial charge in [0, 0.05) is 17.8 Å². The summed E-state index contributed by atoms with van der Waals surface area (Å²) < 4.78 is 0. The number of carbonyl (C=O) groups is 1. The fourth-order valence-electron chi connectivity index (χ4n) is 1.42. The van der Waals surface area contributed by atoms with E-state index >= 15 is 0 Å². The van der Waals surface area contributed by atoms with Crippen molar-refractivity contribution in [3.05, 3.63) is 29.6 Å². The van der Waals surface area contributed by atoms with Crippen LogP contribution >= 0.6 is 0 Å². The molecule has 0 spiro atoms. The molecule has 0 aromatic carbocycles. The van der Waals surface area contributed by atoms with Crippen molar-refractivity contribution < 1.29 is 4.79 Å². The number of nitrogens with two attached hydrogens (primary N) is 1. The molecule has 0 saturated heterocycles. The van der Waals surface area contributed by atoms with Crippen LogP contribution in [0.5, 0.6) is 0 Å². The van der Waals surface area contributed by atoms with Crippen molar-refractivity contribution in [2.75, 3.05) is 0 Å². The van der Waals surface area contributed by atoms with E-state index in [1.807, 2.05) is 0 Å². The zero-order chi connectivity index (χ0) is 9.26. The second-order valence-corrected chi connectivity index (χ2v) is 3.50. The summed E-state index contributed by atoms with van der Waals surface area (Å²) in [5.74, 6) is 0.578. The number of hydrogen-bond acceptors (Lipinski definition) is 3. The van der Waals surface area contributed by atoms with Crippen molar-refractivity contribution in [3.8, 4) is 0 Å². The highest BCUT2D eigenvalue weighted by Gasteiger charge is 2.30. The summed E-state index contributed by atoms with van der Waals surface area (Å²) in [6.07, 6.45) is 4.84. The van der Waals surface area contributed by atoms with Crippen LogP contribution in [0.1, 0.15) is 34.9 Å². The predicted octanol–water partition coefficient (Wildman–Crippen LogP) is 1.30. The third-order valence-electron chi connectivity index (χ3n) is 2.41. The van der Waals surface area contributed by atoms with Gasteiger partial charge in [-0.2, -0.15) is 0 Å². The lowest BCUT2D eigenvalue weighted by atomic mass is 10.1. The highest BCUT2D eigenvalue weighted by molar-refractivity contribution is 5.74. The summed E-state index contributed by atoms with van der Waals surface area (Å²) in [6, 6.07) is 3.48. The number of aromatic nitrogens is 1. The molecule has 3 heteroatoms. The van der Waals surface area contributed by atoms with Crippen LogP contribution in [0.3, 0.4) is 0 Å². The first kappa shape index (κ1) is 8.38. The van der Waals surface area contributed by atoms with Gasteiger partial charge in [-0.1, -0.05) is 0 Å². The summed E-state index contributed by atoms with van der Waals surface area (Å²) in [4.78, 5) is 14.7. The largest absolute Gasteiger partial charge is 0.322 e. The second kappa shape index (κ2) is 3.26. The lowest BCUT2D eigenvalue weighted by Crippen LogP contribution is -2.14. The lowest BCUT2D eigenvalue weighted by Gasteiger charge is -2.08. The van der Waals surface area contributed by atoms with Crippen molar-refractivity contribution in [3.63, 3.8) is 0 Å². The Kier molecular flexibility index (Phi) is 2.10. The molecule has 1 aliphatic rings. The third-order valence-corrected chi connectivity index (χ3v) is 2.41. The fraction of sp³-hybridized carbons (Fsp3) is 0.400. The Labute approximate surface area is 77.0 Å². The minimum atomic E-state index is 0.0138. The van der Waals surface area contributed by atoms with E-state index in [2.05, 4.69) is 4.98 Å². The minimum Gasteiger partial charge on any atom is -0.322 e. The normalized spacial score (nSPS) is 18.2. The molecule has 1 fully saturated rings. The average Bonchev–Trinajstić information content (AvgIpc) is 3.00. The van der Waals surface area contributed by atoms with E-state index < -0.39 is 0 Å². The first-order valence-corrected chi connectivity index (χ1v) is 4.48. The van der Waals surface area contributed by atoms with Gasteiger partial charge in [-0.05, 0) is 30.9 Å².